The summed E-state index contributed by atoms with van der Waals surface area (Å²) in [5.41, 5.74) is 0.813. The van der Waals surface area contributed by atoms with Crippen LogP contribution in [-0.2, 0) is 19.1 Å². The molecular formula is C27H33ClF3N7O. The Morgan fingerprint density at radius 3 is 2.77 bits per heavy atom. The minimum Gasteiger partial charge on any atom is -0.462 e. The Kier molecular flexibility index (Phi) is 8.35. The first kappa shape index (κ1) is 27.7. The standard InChI is InChI=1S/C27H33ClF3N7O/c1-36-12-3-5-19(36)17-39-26-34-22-16-37(23-8-2-7-21(28)24(23)27(29,30)31)13-4-6-20(22)25(35-26)38-14-11-33-18(15-38)9-10-32/h2,7-8,18-19,33H,3-6,9,11-17H2,1H3/t18?,19-/m0/s1. The first-order valence-electron chi connectivity index (χ1n) is 13.4. The van der Waals surface area contributed by atoms with E-state index in [1.54, 1.807) is 11.0 Å². The molecule has 0 aliphatic carbocycles. The molecule has 8 nitrogen and oxygen atoms in total. The van der Waals surface area contributed by atoms with Gasteiger partial charge in [0.15, 0.2) is 0 Å². The van der Waals surface area contributed by atoms with Crippen LogP contribution >= 0.6 is 11.6 Å². The zero-order valence-electron chi connectivity index (χ0n) is 22.0. The van der Waals surface area contributed by atoms with Crippen LogP contribution in [0.2, 0.25) is 5.02 Å². The van der Waals surface area contributed by atoms with E-state index < -0.39 is 11.7 Å². The number of likely N-dealkylation sites (tertiary alicyclic amines) is 1. The number of piperazine rings is 1. The van der Waals surface area contributed by atoms with Gasteiger partial charge in [0, 0.05) is 43.8 Å². The summed E-state index contributed by atoms with van der Waals surface area (Å²) in [4.78, 5) is 15.7. The molecule has 0 saturated carbocycles. The van der Waals surface area contributed by atoms with Gasteiger partial charge in [0.05, 0.1) is 41.0 Å². The summed E-state index contributed by atoms with van der Waals surface area (Å²) in [5.74, 6) is 0.753. The predicted octanol–water partition coefficient (Wildman–Crippen LogP) is 4.27. The third-order valence-corrected chi connectivity index (χ3v) is 8.15. The number of likely N-dealkylation sites (N-methyl/N-ethyl adjacent to an activating group) is 1. The van der Waals surface area contributed by atoms with Crippen molar-refractivity contribution < 1.29 is 17.9 Å². The Balaban J connectivity index is 1.50. The van der Waals surface area contributed by atoms with Gasteiger partial charge in [-0.05, 0) is 51.4 Å². The lowest BCUT2D eigenvalue weighted by Gasteiger charge is -2.35. The maximum absolute atomic E-state index is 14.0. The number of anilines is 2. The molecule has 0 radical (unpaired) electrons. The fourth-order valence-corrected chi connectivity index (χ4v) is 6.08. The molecule has 0 amide bonds. The zero-order chi connectivity index (χ0) is 27.6. The lowest BCUT2D eigenvalue weighted by atomic mass is 10.1. The Bertz CT molecular complexity index is 1220. The molecule has 4 heterocycles. The largest absolute Gasteiger partial charge is 0.462 e. The SMILES string of the molecule is CN1CCC[C@H]1COc1nc2c(c(N3CCNC(CC#N)C3)n1)CCCN(c1cccc(Cl)c1C(F)(F)F)C2. The molecule has 3 aliphatic rings. The Morgan fingerprint density at radius 1 is 1.18 bits per heavy atom. The number of nitriles is 1. The van der Waals surface area contributed by atoms with Crippen LogP contribution in [0.5, 0.6) is 6.01 Å². The quantitative estimate of drug-likeness (QED) is 0.558. The smallest absolute Gasteiger partial charge is 0.419 e. The Hall–Kier alpha value is -2.81. The van der Waals surface area contributed by atoms with Crippen LogP contribution in [-0.4, -0.2) is 73.3 Å². The van der Waals surface area contributed by atoms with Crippen LogP contribution in [0.15, 0.2) is 18.2 Å². The number of nitrogens with one attached hydrogen (secondary N) is 1. The number of alkyl halides is 3. The summed E-state index contributed by atoms with van der Waals surface area (Å²) in [6.07, 6.45) is -0.806. The van der Waals surface area contributed by atoms with E-state index in [0.717, 1.165) is 30.8 Å². The van der Waals surface area contributed by atoms with E-state index in [4.69, 9.17) is 26.3 Å². The van der Waals surface area contributed by atoms with Gasteiger partial charge in [0.2, 0.25) is 0 Å². The van der Waals surface area contributed by atoms with Crippen LogP contribution in [0, 0.1) is 11.3 Å². The van der Waals surface area contributed by atoms with Crippen molar-refractivity contribution in [2.45, 2.75) is 56.9 Å². The maximum Gasteiger partial charge on any atom is 0.419 e. The molecule has 2 saturated heterocycles. The van der Waals surface area contributed by atoms with E-state index in [-0.39, 0.29) is 35.3 Å². The van der Waals surface area contributed by atoms with Crippen LogP contribution in [0.1, 0.15) is 42.5 Å². The molecule has 2 atom stereocenters. The van der Waals surface area contributed by atoms with Crippen molar-refractivity contribution in [1.82, 2.24) is 20.2 Å². The molecule has 0 spiro atoms. The van der Waals surface area contributed by atoms with Crippen molar-refractivity contribution in [1.29, 1.82) is 5.26 Å². The molecule has 1 aromatic carbocycles. The van der Waals surface area contributed by atoms with Crippen molar-refractivity contribution >= 4 is 23.1 Å². The third kappa shape index (κ3) is 6.18. The molecule has 0 bridgehead atoms. The summed E-state index contributed by atoms with van der Waals surface area (Å²) in [7, 11) is 2.07. The highest BCUT2D eigenvalue weighted by Gasteiger charge is 2.38. The molecule has 2 aromatic rings. The number of hydrogen-bond donors (Lipinski definition) is 1. The number of halogens is 4. The molecule has 12 heteroatoms. The highest BCUT2D eigenvalue weighted by atomic mass is 35.5. The summed E-state index contributed by atoms with van der Waals surface area (Å²) < 4.78 is 48.2. The number of ether oxygens (including phenoxy) is 1. The number of aromatic nitrogens is 2. The Morgan fingerprint density at radius 2 is 2.03 bits per heavy atom. The Labute approximate surface area is 231 Å². The third-order valence-electron chi connectivity index (χ3n) is 7.83. The van der Waals surface area contributed by atoms with Gasteiger partial charge in [-0.1, -0.05) is 17.7 Å². The zero-order valence-corrected chi connectivity index (χ0v) is 22.7. The van der Waals surface area contributed by atoms with Gasteiger partial charge < -0.3 is 24.8 Å². The summed E-state index contributed by atoms with van der Waals surface area (Å²) in [6, 6.07) is 7.04. The van der Waals surface area contributed by atoms with Crippen LogP contribution in [0.4, 0.5) is 24.7 Å². The van der Waals surface area contributed by atoms with Gasteiger partial charge in [0.25, 0.3) is 0 Å². The predicted molar refractivity (Wildman–Crippen MR) is 143 cm³/mol. The lowest BCUT2D eigenvalue weighted by Crippen LogP contribution is -2.51. The number of hydrogen-bond acceptors (Lipinski definition) is 8. The molecule has 5 rings (SSSR count). The highest BCUT2D eigenvalue weighted by molar-refractivity contribution is 6.31. The average Bonchev–Trinajstić information content (AvgIpc) is 3.18. The van der Waals surface area contributed by atoms with Gasteiger partial charge in [0.1, 0.15) is 12.4 Å². The molecule has 210 valence electrons. The minimum atomic E-state index is -4.59. The topological polar surface area (TPSA) is 80.5 Å². The van der Waals surface area contributed by atoms with Crippen LogP contribution < -0.4 is 19.9 Å². The lowest BCUT2D eigenvalue weighted by molar-refractivity contribution is -0.137. The molecular weight excluding hydrogens is 531 g/mol. The minimum absolute atomic E-state index is 0.00829. The highest BCUT2D eigenvalue weighted by Crippen LogP contribution is 2.42. The summed E-state index contributed by atoms with van der Waals surface area (Å²) in [5, 5.41) is 12.3. The van der Waals surface area contributed by atoms with E-state index in [0.29, 0.717) is 57.7 Å². The second-order valence-electron chi connectivity index (χ2n) is 10.5. The van der Waals surface area contributed by atoms with E-state index in [1.165, 1.54) is 12.1 Å². The van der Waals surface area contributed by atoms with Gasteiger partial charge in [-0.25, -0.2) is 0 Å². The second kappa shape index (κ2) is 11.7. The molecule has 3 aliphatic heterocycles. The average molecular weight is 564 g/mol. The van der Waals surface area contributed by atoms with Crippen molar-refractivity contribution in [2.75, 3.05) is 56.2 Å². The van der Waals surface area contributed by atoms with Crippen molar-refractivity contribution in [3.8, 4) is 12.1 Å². The van der Waals surface area contributed by atoms with Crippen molar-refractivity contribution in [3.63, 3.8) is 0 Å². The van der Waals surface area contributed by atoms with Gasteiger partial charge in [-0.15, -0.1) is 0 Å². The van der Waals surface area contributed by atoms with Crippen molar-refractivity contribution in [2.24, 2.45) is 0 Å². The fourth-order valence-electron chi connectivity index (χ4n) is 5.80. The van der Waals surface area contributed by atoms with E-state index in [2.05, 4.69) is 28.2 Å². The molecule has 2 fully saturated rings. The van der Waals surface area contributed by atoms with Crippen molar-refractivity contribution in [3.05, 3.63) is 40.0 Å². The first-order chi connectivity index (χ1) is 18.7. The van der Waals surface area contributed by atoms with E-state index >= 15 is 0 Å². The number of fused-ring (bicyclic) bond motifs is 1. The summed E-state index contributed by atoms with van der Waals surface area (Å²) in [6.45, 7) is 4.08. The van der Waals surface area contributed by atoms with Gasteiger partial charge in [-0.2, -0.15) is 28.4 Å². The van der Waals surface area contributed by atoms with E-state index in [1.807, 2.05) is 0 Å². The first-order valence-corrected chi connectivity index (χ1v) is 13.8. The monoisotopic (exact) mass is 563 g/mol. The molecule has 1 N–H and O–H groups in total. The van der Waals surface area contributed by atoms with Gasteiger partial charge >= 0.3 is 12.2 Å². The fraction of sp³-hybridized carbons (Fsp3) is 0.593. The van der Waals surface area contributed by atoms with E-state index in [9.17, 15) is 18.4 Å². The molecule has 39 heavy (non-hydrogen) atoms. The number of nitrogens with zero attached hydrogens (tertiary/aromatic N) is 6. The number of benzene rings is 1. The normalized spacial score (nSPS) is 22.4. The molecule has 1 aromatic heterocycles. The van der Waals surface area contributed by atoms with Crippen LogP contribution in [0.25, 0.3) is 0 Å². The second-order valence-corrected chi connectivity index (χ2v) is 10.9. The summed E-state index contributed by atoms with van der Waals surface area (Å²) >= 11 is 6.05. The molecule has 1 unspecified atom stereocenters. The van der Waals surface area contributed by atoms with Gasteiger partial charge in [-0.3, -0.25) is 0 Å². The maximum atomic E-state index is 14.0. The number of rotatable bonds is 6. The van der Waals surface area contributed by atoms with Crippen LogP contribution in [0.3, 0.4) is 0 Å².